The molecule has 1 aromatic rings. The lowest BCUT2D eigenvalue weighted by atomic mass is 9.97. The molecule has 6 heteroatoms. The van der Waals surface area contributed by atoms with E-state index >= 15 is 0 Å². The summed E-state index contributed by atoms with van der Waals surface area (Å²) in [7, 11) is 0. The van der Waals surface area contributed by atoms with Crippen LogP contribution in [0.1, 0.15) is 41.7 Å². The maximum absolute atomic E-state index is 12.2. The number of pyridine rings is 1. The molecule has 19 heavy (non-hydrogen) atoms. The molecule has 1 aromatic heterocycles. The standard InChI is InChI=1S/C13H17N3O2S/c1-8-6-10(17)9(7-15-8)11(18)16-13(12(14)19)4-2-3-5-13/h6-7H,2-5H2,1H3,(H2,14,19)(H,15,17)(H,16,18). The zero-order valence-corrected chi connectivity index (χ0v) is 11.6. The first-order valence-electron chi connectivity index (χ1n) is 6.26. The third-order valence-corrected chi connectivity index (χ3v) is 3.97. The van der Waals surface area contributed by atoms with Crippen LogP contribution >= 0.6 is 12.2 Å². The average molecular weight is 279 g/mol. The van der Waals surface area contributed by atoms with Crippen LogP contribution in [0.2, 0.25) is 0 Å². The molecule has 0 bridgehead atoms. The van der Waals surface area contributed by atoms with Gasteiger partial charge in [0.25, 0.3) is 5.91 Å². The minimum Gasteiger partial charge on any atom is -0.391 e. The first-order chi connectivity index (χ1) is 8.94. The molecule has 1 amide bonds. The number of nitrogens with one attached hydrogen (secondary N) is 2. The van der Waals surface area contributed by atoms with Crippen molar-refractivity contribution in [2.24, 2.45) is 5.73 Å². The molecular formula is C13H17N3O2S. The Morgan fingerprint density at radius 2 is 2.11 bits per heavy atom. The Labute approximate surface area is 116 Å². The zero-order chi connectivity index (χ0) is 14.0. The minimum absolute atomic E-state index is 0.0909. The van der Waals surface area contributed by atoms with Crippen molar-refractivity contribution in [3.05, 3.63) is 33.7 Å². The number of hydrogen-bond acceptors (Lipinski definition) is 3. The van der Waals surface area contributed by atoms with Gasteiger partial charge in [-0.15, -0.1) is 0 Å². The van der Waals surface area contributed by atoms with E-state index in [-0.39, 0.29) is 11.0 Å². The first kappa shape index (κ1) is 13.7. The molecule has 0 saturated heterocycles. The number of aryl methyl sites for hydroxylation is 1. The van der Waals surface area contributed by atoms with Crippen LogP contribution in [0.25, 0.3) is 0 Å². The first-order valence-corrected chi connectivity index (χ1v) is 6.67. The van der Waals surface area contributed by atoms with E-state index in [2.05, 4.69) is 10.3 Å². The average Bonchev–Trinajstić information content (AvgIpc) is 2.78. The van der Waals surface area contributed by atoms with Gasteiger partial charge in [0.2, 0.25) is 0 Å². The Balaban J connectivity index is 2.25. The highest BCUT2D eigenvalue weighted by atomic mass is 32.1. The molecule has 1 heterocycles. The van der Waals surface area contributed by atoms with Gasteiger partial charge < -0.3 is 16.0 Å². The lowest BCUT2D eigenvalue weighted by Crippen LogP contribution is -2.55. The smallest absolute Gasteiger partial charge is 0.257 e. The summed E-state index contributed by atoms with van der Waals surface area (Å²) in [6, 6.07) is 1.40. The van der Waals surface area contributed by atoms with Gasteiger partial charge in [-0.2, -0.15) is 0 Å². The number of carbonyl (C=O) groups is 1. The topological polar surface area (TPSA) is 88.0 Å². The third-order valence-electron chi connectivity index (χ3n) is 3.58. The summed E-state index contributed by atoms with van der Waals surface area (Å²) in [6.45, 7) is 1.76. The minimum atomic E-state index is -0.635. The number of nitrogens with two attached hydrogens (primary N) is 1. The summed E-state index contributed by atoms with van der Waals surface area (Å²) >= 11 is 5.07. The van der Waals surface area contributed by atoms with Crippen molar-refractivity contribution in [3.8, 4) is 0 Å². The Kier molecular flexibility index (Phi) is 3.71. The Hall–Kier alpha value is -1.69. The van der Waals surface area contributed by atoms with E-state index in [9.17, 15) is 9.59 Å². The molecule has 0 aliphatic heterocycles. The van der Waals surface area contributed by atoms with E-state index in [1.54, 1.807) is 6.92 Å². The maximum atomic E-state index is 12.2. The molecule has 102 valence electrons. The monoisotopic (exact) mass is 279 g/mol. The van der Waals surface area contributed by atoms with Gasteiger partial charge in [-0.1, -0.05) is 25.1 Å². The lowest BCUT2D eigenvalue weighted by molar-refractivity contribution is 0.0923. The summed E-state index contributed by atoms with van der Waals surface area (Å²) in [6.07, 6.45) is 4.84. The lowest BCUT2D eigenvalue weighted by Gasteiger charge is -2.28. The van der Waals surface area contributed by atoms with E-state index in [1.165, 1.54) is 12.3 Å². The van der Waals surface area contributed by atoms with Gasteiger partial charge in [0.1, 0.15) is 5.56 Å². The SMILES string of the molecule is Cc1cc(=O)c(C(=O)NC2(C(N)=S)CCCC2)c[nH]1. The van der Waals surface area contributed by atoms with E-state index in [1.807, 2.05) is 0 Å². The second-order valence-corrected chi connectivity index (χ2v) is 5.44. The summed E-state index contributed by atoms with van der Waals surface area (Å²) in [5, 5.41) is 2.84. The molecule has 0 aromatic carbocycles. The molecule has 0 spiro atoms. The Morgan fingerprint density at radius 3 is 2.63 bits per heavy atom. The summed E-state index contributed by atoms with van der Waals surface area (Å²) in [4.78, 5) is 27.1. The van der Waals surface area contributed by atoms with Gasteiger partial charge >= 0.3 is 0 Å². The third kappa shape index (κ3) is 2.68. The maximum Gasteiger partial charge on any atom is 0.257 e. The molecule has 0 radical (unpaired) electrons. The predicted molar refractivity (Wildman–Crippen MR) is 77.3 cm³/mol. The van der Waals surface area contributed by atoms with Crippen molar-refractivity contribution in [1.29, 1.82) is 0 Å². The van der Waals surface area contributed by atoms with Crippen molar-refractivity contribution < 1.29 is 4.79 Å². The van der Waals surface area contributed by atoms with Gasteiger partial charge in [-0.25, -0.2) is 0 Å². The number of rotatable bonds is 3. The van der Waals surface area contributed by atoms with Gasteiger partial charge in [-0.3, -0.25) is 9.59 Å². The summed E-state index contributed by atoms with van der Waals surface area (Å²) in [5.41, 5.74) is 5.62. The number of amides is 1. The van der Waals surface area contributed by atoms with Crippen molar-refractivity contribution in [2.45, 2.75) is 38.1 Å². The normalized spacial score (nSPS) is 17.1. The molecule has 1 aliphatic carbocycles. The molecule has 2 rings (SSSR count). The van der Waals surface area contributed by atoms with E-state index in [4.69, 9.17) is 18.0 Å². The largest absolute Gasteiger partial charge is 0.391 e. The number of H-pyrrole nitrogens is 1. The molecule has 0 unspecified atom stereocenters. The van der Waals surface area contributed by atoms with Crippen LogP contribution in [0, 0.1) is 6.92 Å². The Bertz CT molecular complexity index is 573. The Morgan fingerprint density at radius 1 is 1.47 bits per heavy atom. The van der Waals surface area contributed by atoms with Crippen LogP contribution in [0.15, 0.2) is 17.1 Å². The molecule has 4 N–H and O–H groups in total. The second kappa shape index (κ2) is 5.13. The van der Waals surface area contributed by atoms with Gasteiger partial charge in [-0.05, 0) is 19.8 Å². The van der Waals surface area contributed by atoms with Gasteiger partial charge in [0.15, 0.2) is 5.43 Å². The second-order valence-electron chi connectivity index (χ2n) is 5.00. The van der Waals surface area contributed by atoms with Gasteiger partial charge in [0, 0.05) is 18.0 Å². The molecule has 1 saturated carbocycles. The van der Waals surface area contributed by atoms with Crippen LogP contribution in [0.3, 0.4) is 0 Å². The fraction of sp³-hybridized carbons (Fsp3) is 0.462. The summed E-state index contributed by atoms with van der Waals surface area (Å²) < 4.78 is 0. The molecule has 1 aliphatic rings. The van der Waals surface area contributed by atoms with E-state index in [0.29, 0.717) is 10.7 Å². The van der Waals surface area contributed by atoms with Crippen molar-refractivity contribution in [2.75, 3.05) is 0 Å². The number of carbonyl (C=O) groups excluding carboxylic acids is 1. The van der Waals surface area contributed by atoms with Crippen LogP contribution in [-0.4, -0.2) is 21.4 Å². The highest BCUT2D eigenvalue weighted by Gasteiger charge is 2.38. The van der Waals surface area contributed by atoms with Crippen molar-refractivity contribution in [3.63, 3.8) is 0 Å². The number of aromatic nitrogens is 1. The highest BCUT2D eigenvalue weighted by molar-refractivity contribution is 7.80. The van der Waals surface area contributed by atoms with Crippen LogP contribution in [0.4, 0.5) is 0 Å². The predicted octanol–water partition coefficient (Wildman–Crippen LogP) is 1.01. The van der Waals surface area contributed by atoms with Gasteiger partial charge in [0.05, 0.1) is 10.5 Å². The fourth-order valence-electron chi connectivity index (χ4n) is 2.45. The van der Waals surface area contributed by atoms with Crippen LogP contribution in [0.5, 0.6) is 0 Å². The molecular weight excluding hydrogens is 262 g/mol. The molecule has 1 fully saturated rings. The van der Waals surface area contributed by atoms with Crippen LogP contribution in [-0.2, 0) is 0 Å². The fourth-order valence-corrected chi connectivity index (χ4v) is 2.70. The van der Waals surface area contributed by atoms with E-state index in [0.717, 1.165) is 25.7 Å². The molecule has 5 nitrogen and oxygen atoms in total. The number of hydrogen-bond donors (Lipinski definition) is 3. The summed E-state index contributed by atoms with van der Waals surface area (Å²) in [5.74, 6) is -0.420. The molecule has 0 atom stereocenters. The van der Waals surface area contributed by atoms with Crippen molar-refractivity contribution in [1.82, 2.24) is 10.3 Å². The quantitative estimate of drug-likeness (QED) is 0.721. The number of thiocarbonyl (C=S) groups is 1. The van der Waals surface area contributed by atoms with Crippen molar-refractivity contribution >= 4 is 23.1 Å². The number of aromatic amines is 1. The van der Waals surface area contributed by atoms with E-state index < -0.39 is 11.4 Å². The highest BCUT2D eigenvalue weighted by Crippen LogP contribution is 2.30. The van der Waals surface area contributed by atoms with Crippen LogP contribution < -0.4 is 16.5 Å². The zero-order valence-electron chi connectivity index (χ0n) is 10.8.